The number of hydrogen-bond donors (Lipinski definition) is 1. The van der Waals surface area contributed by atoms with Crippen molar-refractivity contribution in [1.82, 2.24) is 14.9 Å². The van der Waals surface area contributed by atoms with E-state index in [4.69, 9.17) is 10.5 Å². The van der Waals surface area contributed by atoms with E-state index < -0.39 is 0 Å². The molecule has 1 aromatic heterocycles. The lowest BCUT2D eigenvalue weighted by Crippen LogP contribution is -2.42. The lowest BCUT2D eigenvalue weighted by atomic mass is 10.2. The maximum Gasteiger partial charge on any atom is 0.161 e. The first kappa shape index (κ1) is 14.2. The summed E-state index contributed by atoms with van der Waals surface area (Å²) >= 11 is 0. The average molecular weight is 264 g/mol. The van der Waals surface area contributed by atoms with E-state index in [1.165, 1.54) is 0 Å². The SMILES string of the molecule is CCCc1cc(N)nc(C2CN(C(C)C)CCO2)n1. The molecule has 1 aliphatic rings. The van der Waals surface area contributed by atoms with E-state index >= 15 is 0 Å². The molecule has 19 heavy (non-hydrogen) atoms. The highest BCUT2D eigenvalue weighted by Crippen LogP contribution is 2.22. The number of rotatable bonds is 4. The molecule has 1 aliphatic heterocycles. The van der Waals surface area contributed by atoms with Crippen LogP contribution in [0.1, 0.15) is 44.8 Å². The van der Waals surface area contributed by atoms with Crippen LogP contribution in [0, 0.1) is 0 Å². The number of morpholine rings is 1. The van der Waals surface area contributed by atoms with Gasteiger partial charge in [-0.05, 0) is 20.3 Å². The van der Waals surface area contributed by atoms with Gasteiger partial charge in [0, 0.05) is 30.9 Å². The van der Waals surface area contributed by atoms with Gasteiger partial charge >= 0.3 is 0 Å². The largest absolute Gasteiger partial charge is 0.384 e. The number of aryl methyl sites for hydroxylation is 1. The Kier molecular flexibility index (Phi) is 4.71. The Hall–Kier alpha value is -1.20. The minimum atomic E-state index is -0.0599. The van der Waals surface area contributed by atoms with Crippen LogP contribution in [-0.4, -0.2) is 40.6 Å². The van der Waals surface area contributed by atoms with Gasteiger partial charge in [0.2, 0.25) is 0 Å². The quantitative estimate of drug-likeness (QED) is 0.898. The topological polar surface area (TPSA) is 64.3 Å². The predicted octanol–water partition coefficient (Wildman–Crippen LogP) is 1.79. The lowest BCUT2D eigenvalue weighted by molar-refractivity contribution is -0.0443. The summed E-state index contributed by atoms with van der Waals surface area (Å²) in [6.07, 6.45) is 1.93. The summed E-state index contributed by atoms with van der Waals surface area (Å²) in [4.78, 5) is 11.3. The number of ether oxygens (including phenoxy) is 1. The summed E-state index contributed by atoms with van der Waals surface area (Å²) in [5, 5.41) is 0. The third-order valence-corrected chi connectivity index (χ3v) is 3.44. The van der Waals surface area contributed by atoms with E-state index in [0.717, 1.165) is 44.1 Å². The second-order valence-electron chi connectivity index (χ2n) is 5.34. The van der Waals surface area contributed by atoms with Gasteiger partial charge < -0.3 is 10.5 Å². The summed E-state index contributed by atoms with van der Waals surface area (Å²) in [5.41, 5.74) is 6.88. The Balaban J connectivity index is 2.16. The standard InChI is InChI=1S/C14H24N4O/c1-4-5-11-8-13(15)17-14(16-11)12-9-18(10(2)3)6-7-19-12/h8,10,12H,4-7,9H2,1-3H3,(H2,15,16,17). The highest BCUT2D eigenvalue weighted by atomic mass is 16.5. The van der Waals surface area contributed by atoms with Crippen molar-refractivity contribution in [2.45, 2.75) is 45.8 Å². The number of hydrogen-bond acceptors (Lipinski definition) is 5. The summed E-state index contributed by atoms with van der Waals surface area (Å²) < 4.78 is 5.81. The molecule has 1 unspecified atom stereocenters. The third-order valence-electron chi connectivity index (χ3n) is 3.44. The second-order valence-corrected chi connectivity index (χ2v) is 5.34. The first-order valence-corrected chi connectivity index (χ1v) is 7.09. The van der Waals surface area contributed by atoms with Gasteiger partial charge in [-0.1, -0.05) is 13.3 Å². The lowest BCUT2D eigenvalue weighted by Gasteiger charge is -2.34. The van der Waals surface area contributed by atoms with Crippen LogP contribution in [0.25, 0.3) is 0 Å². The number of aromatic nitrogens is 2. The average Bonchev–Trinajstić information content (AvgIpc) is 2.38. The molecule has 5 heteroatoms. The van der Waals surface area contributed by atoms with Crippen LogP contribution in [-0.2, 0) is 11.2 Å². The van der Waals surface area contributed by atoms with Gasteiger partial charge in [0.15, 0.2) is 5.82 Å². The van der Waals surface area contributed by atoms with Crippen LogP contribution in [0.4, 0.5) is 5.82 Å². The van der Waals surface area contributed by atoms with Gasteiger partial charge in [0.05, 0.1) is 6.61 Å². The smallest absolute Gasteiger partial charge is 0.161 e. The van der Waals surface area contributed by atoms with Gasteiger partial charge in [-0.15, -0.1) is 0 Å². The Morgan fingerprint density at radius 1 is 1.47 bits per heavy atom. The minimum absolute atomic E-state index is 0.0599. The van der Waals surface area contributed by atoms with Gasteiger partial charge in [0.25, 0.3) is 0 Å². The Bertz CT molecular complexity index is 422. The first-order valence-electron chi connectivity index (χ1n) is 7.09. The maximum absolute atomic E-state index is 5.87. The van der Waals surface area contributed by atoms with Crippen LogP contribution < -0.4 is 5.73 Å². The zero-order valence-electron chi connectivity index (χ0n) is 12.1. The number of nitrogens with two attached hydrogens (primary N) is 1. The van der Waals surface area contributed by atoms with Crippen molar-refractivity contribution >= 4 is 5.82 Å². The summed E-state index contributed by atoms with van der Waals surface area (Å²) in [7, 11) is 0. The molecule has 2 rings (SSSR count). The van der Waals surface area contributed by atoms with Crippen molar-refractivity contribution in [3.63, 3.8) is 0 Å². The molecule has 0 saturated carbocycles. The first-order chi connectivity index (χ1) is 9.10. The fourth-order valence-corrected chi connectivity index (χ4v) is 2.36. The van der Waals surface area contributed by atoms with E-state index in [9.17, 15) is 0 Å². The fourth-order valence-electron chi connectivity index (χ4n) is 2.36. The minimum Gasteiger partial charge on any atom is -0.384 e. The number of nitrogen functional groups attached to an aromatic ring is 1. The van der Waals surface area contributed by atoms with E-state index in [1.807, 2.05) is 6.07 Å². The number of anilines is 1. The molecule has 0 radical (unpaired) electrons. The van der Waals surface area contributed by atoms with Gasteiger partial charge in [0.1, 0.15) is 11.9 Å². The molecule has 1 fully saturated rings. The van der Waals surface area contributed by atoms with Crippen molar-refractivity contribution in [3.05, 3.63) is 17.6 Å². The maximum atomic E-state index is 5.87. The van der Waals surface area contributed by atoms with E-state index in [1.54, 1.807) is 0 Å². The summed E-state index contributed by atoms with van der Waals surface area (Å²) in [5.74, 6) is 1.27. The van der Waals surface area contributed by atoms with Crippen molar-refractivity contribution in [2.24, 2.45) is 0 Å². The molecule has 1 atom stereocenters. The molecule has 0 aromatic carbocycles. The van der Waals surface area contributed by atoms with E-state index in [-0.39, 0.29) is 6.10 Å². The predicted molar refractivity (Wildman–Crippen MR) is 75.8 cm³/mol. The van der Waals surface area contributed by atoms with Crippen molar-refractivity contribution in [3.8, 4) is 0 Å². The zero-order valence-corrected chi connectivity index (χ0v) is 12.1. The second kappa shape index (κ2) is 6.30. The van der Waals surface area contributed by atoms with Crippen LogP contribution in [0.2, 0.25) is 0 Å². The fraction of sp³-hybridized carbons (Fsp3) is 0.714. The van der Waals surface area contributed by atoms with Crippen molar-refractivity contribution < 1.29 is 4.74 Å². The van der Waals surface area contributed by atoms with E-state index in [2.05, 4.69) is 35.6 Å². The summed E-state index contributed by atoms with van der Waals surface area (Å²) in [6.45, 7) is 9.07. The highest BCUT2D eigenvalue weighted by molar-refractivity contribution is 5.30. The Morgan fingerprint density at radius 3 is 2.95 bits per heavy atom. The third kappa shape index (κ3) is 3.64. The molecule has 5 nitrogen and oxygen atoms in total. The zero-order chi connectivity index (χ0) is 13.8. The molecule has 0 bridgehead atoms. The monoisotopic (exact) mass is 264 g/mol. The normalized spacial score (nSPS) is 20.9. The molecule has 2 N–H and O–H groups in total. The molecule has 1 aromatic rings. The van der Waals surface area contributed by atoms with Crippen molar-refractivity contribution in [2.75, 3.05) is 25.4 Å². The number of nitrogens with zero attached hydrogens (tertiary/aromatic N) is 3. The van der Waals surface area contributed by atoms with Crippen LogP contribution >= 0.6 is 0 Å². The van der Waals surface area contributed by atoms with Gasteiger partial charge in [-0.25, -0.2) is 9.97 Å². The van der Waals surface area contributed by atoms with Crippen LogP contribution in [0.3, 0.4) is 0 Å². The summed E-state index contributed by atoms with van der Waals surface area (Å²) in [6, 6.07) is 2.37. The van der Waals surface area contributed by atoms with Crippen LogP contribution in [0.5, 0.6) is 0 Å². The Morgan fingerprint density at radius 2 is 2.26 bits per heavy atom. The van der Waals surface area contributed by atoms with Gasteiger partial charge in [-0.3, -0.25) is 4.90 Å². The molecule has 1 saturated heterocycles. The molecule has 0 aliphatic carbocycles. The van der Waals surface area contributed by atoms with Crippen molar-refractivity contribution in [1.29, 1.82) is 0 Å². The van der Waals surface area contributed by atoms with E-state index in [0.29, 0.717) is 11.9 Å². The van der Waals surface area contributed by atoms with Gasteiger partial charge in [-0.2, -0.15) is 0 Å². The van der Waals surface area contributed by atoms with Crippen LogP contribution in [0.15, 0.2) is 6.07 Å². The molecular weight excluding hydrogens is 240 g/mol. The molecule has 0 amide bonds. The Labute approximate surface area is 115 Å². The molecular formula is C14H24N4O. The molecule has 0 spiro atoms. The highest BCUT2D eigenvalue weighted by Gasteiger charge is 2.26. The molecule has 2 heterocycles. The molecule has 106 valence electrons.